The number of sulfonamides is 1. The lowest BCUT2D eigenvalue weighted by atomic mass is 10.2. The molecule has 0 aliphatic carbocycles. The quantitative estimate of drug-likeness (QED) is 0.341. The van der Waals surface area contributed by atoms with E-state index < -0.39 is 10.0 Å². The Morgan fingerprint density at radius 2 is 1.84 bits per heavy atom. The molecule has 32 heavy (non-hydrogen) atoms. The molecule has 0 aliphatic rings. The first kappa shape index (κ1) is 21.6. The lowest BCUT2D eigenvalue weighted by Gasteiger charge is -2.23. The molecule has 0 saturated heterocycles. The van der Waals surface area contributed by atoms with Crippen LogP contribution in [0.5, 0.6) is 0 Å². The molecule has 163 valence electrons. The van der Waals surface area contributed by atoms with Crippen LogP contribution in [0, 0.1) is 6.92 Å². The van der Waals surface area contributed by atoms with Gasteiger partial charge in [0, 0.05) is 5.71 Å². The summed E-state index contributed by atoms with van der Waals surface area (Å²) in [5, 5.41) is 6.46. The van der Waals surface area contributed by atoms with Gasteiger partial charge in [-0.1, -0.05) is 25.1 Å². The summed E-state index contributed by atoms with van der Waals surface area (Å²) < 4.78 is 25.8. The predicted octanol–water partition coefficient (Wildman–Crippen LogP) is 3.73. The Morgan fingerprint density at radius 1 is 1.12 bits per heavy atom. The predicted molar refractivity (Wildman–Crippen MR) is 126 cm³/mol. The first-order valence-electron chi connectivity index (χ1n) is 9.87. The van der Waals surface area contributed by atoms with Gasteiger partial charge in [0.2, 0.25) is 10.0 Å². The number of anilines is 2. The number of fused-ring (bicyclic) bond motifs is 1. The summed E-state index contributed by atoms with van der Waals surface area (Å²) >= 11 is 0. The molecule has 9 nitrogen and oxygen atoms in total. The second-order valence-electron chi connectivity index (χ2n) is 7.07. The minimum Gasteiger partial charge on any atom is -0.258 e. The van der Waals surface area contributed by atoms with E-state index in [0.29, 0.717) is 22.5 Å². The summed E-state index contributed by atoms with van der Waals surface area (Å²) in [6.45, 7) is 5.91. The van der Waals surface area contributed by atoms with Crippen LogP contribution in [-0.2, 0) is 10.0 Å². The van der Waals surface area contributed by atoms with Gasteiger partial charge in [0.05, 0.1) is 34.9 Å². The third-order valence-corrected chi connectivity index (χ3v) is 5.13. The molecule has 0 atom stereocenters. The number of aliphatic imine (C=N–C) groups is 1. The fourth-order valence-corrected chi connectivity index (χ4v) is 3.61. The summed E-state index contributed by atoms with van der Waals surface area (Å²) in [6, 6.07) is 16.6. The van der Waals surface area contributed by atoms with Crippen molar-refractivity contribution in [1.29, 1.82) is 0 Å². The largest absolute Gasteiger partial charge is 0.258 e. The van der Waals surface area contributed by atoms with E-state index in [4.69, 9.17) is 0 Å². The standard InChI is InChI=1S/C22H22N7O2S/c1-4-16(2)26-17-10-12-19(13-11-17)28-21-20(14-25-28)22(24-15-23-21)29(27-32(3,30)31)18-8-6-5-7-9-18/h5-15,27H,2,4H2,1,3H3. The van der Waals surface area contributed by atoms with Crippen molar-refractivity contribution in [1.82, 2.24) is 24.6 Å². The Morgan fingerprint density at radius 3 is 2.50 bits per heavy atom. The van der Waals surface area contributed by atoms with Gasteiger partial charge in [-0.2, -0.15) is 5.10 Å². The molecule has 0 spiro atoms. The van der Waals surface area contributed by atoms with E-state index in [1.807, 2.05) is 49.4 Å². The van der Waals surface area contributed by atoms with Crippen LogP contribution in [0.25, 0.3) is 16.7 Å². The molecule has 10 heteroatoms. The van der Waals surface area contributed by atoms with Gasteiger partial charge in [-0.25, -0.2) is 28.1 Å². The van der Waals surface area contributed by atoms with Crippen LogP contribution in [0.3, 0.4) is 0 Å². The highest BCUT2D eigenvalue weighted by Crippen LogP contribution is 2.29. The SMILES string of the molecule is [CH2]C(CC)=Nc1ccc(-n2ncc3c(N(NS(C)(=O)=O)c4ccccc4)ncnc32)cc1. The normalized spacial score (nSPS) is 12.3. The molecule has 1 N–H and O–H groups in total. The van der Waals surface area contributed by atoms with E-state index >= 15 is 0 Å². The van der Waals surface area contributed by atoms with Gasteiger partial charge in [-0.3, -0.25) is 4.99 Å². The first-order chi connectivity index (χ1) is 15.4. The van der Waals surface area contributed by atoms with Crippen molar-refractivity contribution in [2.45, 2.75) is 13.3 Å². The summed E-state index contributed by atoms with van der Waals surface area (Å²) in [5.74, 6) is 0.365. The molecule has 0 bridgehead atoms. The zero-order valence-corrected chi connectivity index (χ0v) is 18.5. The smallest absolute Gasteiger partial charge is 0.225 e. The van der Waals surface area contributed by atoms with Crippen LogP contribution in [0.4, 0.5) is 17.2 Å². The summed E-state index contributed by atoms with van der Waals surface area (Å²) in [7, 11) is -3.58. The molecule has 2 heterocycles. The summed E-state index contributed by atoms with van der Waals surface area (Å²) in [5.41, 5.74) is 3.54. The number of aromatic nitrogens is 4. The van der Waals surface area contributed by atoms with Gasteiger partial charge in [0.15, 0.2) is 11.5 Å². The Kier molecular flexibility index (Phi) is 5.97. The molecule has 4 rings (SSSR count). The number of rotatable bonds is 7. The number of hydrazine groups is 1. The van der Waals surface area contributed by atoms with Gasteiger partial charge >= 0.3 is 0 Å². The maximum Gasteiger partial charge on any atom is 0.225 e. The second kappa shape index (κ2) is 8.85. The van der Waals surface area contributed by atoms with Crippen LogP contribution in [0.2, 0.25) is 0 Å². The zero-order valence-electron chi connectivity index (χ0n) is 17.7. The van der Waals surface area contributed by atoms with Crippen molar-refractivity contribution in [3.05, 3.63) is 74.0 Å². The van der Waals surface area contributed by atoms with Crippen molar-refractivity contribution in [2.24, 2.45) is 4.99 Å². The van der Waals surface area contributed by atoms with E-state index in [-0.39, 0.29) is 0 Å². The monoisotopic (exact) mass is 448 g/mol. The molecule has 4 aromatic rings. The Bertz CT molecular complexity index is 1360. The van der Waals surface area contributed by atoms with Crippen LogP contribution < -0.4 is 9.84 Å². The Balaban J connectivity index is 1.79. The summed E-state index contributed by atoms with van der Waals surface area (Å²) in [4.78, 5) is 15.7. The molecule has 2 aromatic carbocycles. The minimum atomic E-state index is -3.58. The molecule has 0 fully saturated rings. The van der Waals surface area contributed by atoms with Crippen molar-refractivity contribution in [2.75, 3.05) is 11.3 Å². The number of hydrogen-bond donors (Lipinski definition) is 1. The zero-order chi connectivity index (χ0) is 22.7. The lowest BCUT2D eigenvalue weighted by Crippen LogP contribution is -2.38. The van der Waals surface area contributed by atoms with Crippen molar-refractivity contribution < 1.29 is 8.42 Å². The van der Waals surface area contributed by atoms with E-state index in [0.717, 1.165) is 29.8 Å². The van der Waals surface area contributed by atoms with Crippen LogP contribution in [0.1, 0.15) is 13.3 Å². The van der Waals surface area contributed by atoms with Crippen LogP contribution in [-0.4, -0.2) is 40.1 Å². The third-order valence-electron chi connectivity index (χ3n) is 4.62. The molecule has 0 unspecified atom stereocenters. The molecular formula is C22H22N7O2S. The highest BCUT2D eigenvalue weighted by Gasteiger charge is 2.20. The van der Waals surface area contributed by atoms with Gasteiger partial charge in [0.25, 0.3) is 0 Å². The molecule has 1 radical (unpaired) electrons. The molecule has 0 aliphatic heterocycles. The highest BCUT2D eigenvalue weighted by molar-refractivity contribution is 7.88. The maximum atomic E-state index is 12.0. The van der Waals surface area contributed by atoms with E-state index in [1.54, 1.807) is 23.0 Å². The van der Waals surface area contributed by atoms with Gasteiger partial charge in [0.1, 0.15) is 6.33 Å². The van der Waals surface area contributed by atoms with E-state index in [2.05, 4.69) is 31.8 Å². The van der Waals surface area contributed by atoms with Crippen LogP contribution >= 0.6 is 0 Å². The molecule has 0 amide bonds. The van der Waals surface area contributed by atoms with Gasteiger partial charge in [-0.15, -0.1) is 4.83 Å². The number of hydrogen-bond acceptors (Lipinski definition) is 7. The average molecular weight is 449 g/mol. The minimum absolute atomic E-state index is 0.365. The highest BCUT2D eigenvalue weighted by atomic mass is 32.2. The Hall–Kier alpha value is -3.63. The second-order valence-corrected chi connectivity index (χ2v) is 8.80. The molecular weight excluding hydrogens is 426 g/mol. The van der Waals surface area contributed by atoms with E-state index in [1.165, 1.54) is 11.3 Å². The van der Waals surface area contributed by atoms with E-state index in [9.17, 15) is 8.42 Å². The number of benzene rings is 2. The van der Waals surface area contributed by atoms with Gasteiger partial charge < -0.3 is 0 Å². The van der Waals surface area contributed by atoms with Gasteiger partial charge in [-0.05, 0) is 49.7 Å². The summed E-state index contributed by atoms with van der Waals surface area (Å²) in [6.07, 6.45) is 4.86. The van der Waals surface area contributed by atoms with Crippen molar-refractivity contribution in [3.63, 3.8) is 0 Å². The maximum absolute atomic E-state index is 12.0. The number of nitrogens with zero attached hydrogens (tertiary/aromatic N) is 6. The molecule has 0 saturated carbocycles. The first-order valence-corrected chi connectivity index (χ1v) is 11.8. The Labute approximate surface area is 186 Å². The lowest BCUT2D eigenvalue weighted by molar-refractivity contribution is 0.588. The number of nitrogens with one attached hydrogen (secondary N) is 1. The topological polar surface area (TPSA) is 105 Å². The molecule has 2 aromatic heterocycles. The van der Waals surface area contributed by atoms with Crippen molar-refractivity contribution >= 4 is 44.0 Å². The number of para-hydroxylation sites is 1. The fourth-order valence-electron chi connectivity index (χ4n) is 3.09. The third kappa shape index (κ3) is 4.66. The van der Waals surface area contributed by atoms with Crippen molar-refractivity contribution in [3.8, 4) is 5.69 Å². The van der Waals surface area contributed by atoms with Crippen LogP contribution in [0.15, 0.2) is 72.1 Å². The fraction of sp³-hybridized carbons (Fsp3) is 0.136. The average Bonchev–Trinajstić information content (AvgIpc) is 3.22.